The molecule has 0 aliphatic heterocycles. The summed E-state index contributed by atoms with van der Waals surface area (Å²) in [6, 6.07) is 4.48. The summed E-state index contributed by atoms with van der Waals surface area (Å²) in [7, 11) is 0. The molecule has 0 atom stereocenters. The monoisotopic (exact) mass is 370 g/mol. The Bertz CT molecular complexity index is 643. The molecule has 2 rings (SSSR count). The van der Waals surface area contributed by atoms with Gasteiger partial charge in [-0.3, -0.25) is 4.79 Å². The maximum absolute atomic E-state index is 14.2. The lowest BCUT2D eigenvalue weighted by atomic mass is 9.84. The molecule has 1 aliphatic carbocycles. The fraction of sp³-hybridized carbons (Fsp3) is 0.556. The summed E-state index contributed by atoms with van der Waals surface area (Å²) in [6.07, 6.45) is 2.44. The molecule has 138 valence electrons. The molecule has 1 saturated carbocycles. The predicted octanol–water partition coefficient (Wildman–Crippen LogP) is 3.70. The lowest BCUT2D eigenvalue weighted by molar-refractivity contribution is -0.142. The number of amides is 2. The van der Waals surface area contributed by atoms with E-state index in [0.717, 1.165) is 0 Å². The fourth-order valence-electron chi connectivity index (χ4n) is 3.14. The van der Waals surface area contributed by atoms with Gasteiger partial charge in [0.1, 0.15) is 5.82 Å². The van der Waals surface area contributed by atoms with E-state index in [9.17, 15) is 14.0 Å². The van der Waals surface area contributed by atoms with E-state index in [1.54, 1.807) is 12.1 Å². The summed E-state index contributed by atoms with van der Waals surface area (Å²) in [4.78, 5) is 23.0. The minimum Gasteiger partial charge on any atom is -0.481 e. The van der Waals surface area contributed by atoms with Gasteiger partial charge in [0.05, 0.1) is 10.9 Å². The zero-order valence-electron chi connectivity index (χ0n) is 14.4. The zero-order chi connectivity index (χ0) is 18.6. The van der Waals surface area contributed by atoms with Crippen LogP contribution in [-0.4, -0.2) is 29.7 Å². The van der Waals surface area contributed by atoms with Crippen molar-refractivity contribution in [3.63, 3.8) is 0 Å². The number of carboxylic acid groups (broad SMARTS) is 1. The normalized spacial score (nSPS) is 20.8. The van der Waals surface area contributed by atoms with Gasteiger partial charge in [0.15, 0.2) is 0 Å². The summed E-state index contributed by atoms with van der Waals surface area (Å²) >= 11 is 5.83. The zero-order valence-corrected chi connectivity index (χ0v) is 15.2. The number of urea groups is 1. The van der Waals surface area contributed by atoms with Crippen LogP contribution in [0, 0.1) is 11.7 Å². The van der Waals surface area contributed by atoms with Gasteiger partial charge in [0.2, 0.25) is 0 Å². The topological polar surface area (TPSA) is 78.4 Å². The van der Waals surface area contributed by atoms with Crippen LogP contribution in [0.2, 0.25) is 5.02 Å². The van der Waals surface area contributed by atoms with Crippen LogP contribution in [0.25, 0.3) is 0 Å². The third kappa shape index (κ3) is 5.08. The largest absolute Gasteiger partial charge is 0.481 e. The van der Waals surface area contributed by atoms with E-state index >= 15 is 0 Å². The molecule has 0 radical (unpaired) electrons. The highest BCUT2D eigenvalue weighted by Crippen LogP contribution is 2.29. The Labute approximate surface area is 151 Å². The van der Waals surface area contributed by atoms with Gasteiger partial charge in [-0.25, -0.2) is 9.18 Å². The summed E-state index contributed by atoms with van der Waals surface area (Å²) < 4.78 is 14.2. The van der Waals surface area contributed by atoms with Crippen LogP contribution in [0.4, 0.5) is 9.18 Å². The van der Waals surface area contributed by atoms with Crippen LogP contribution in [-0.2, 0) is 10.2 Å². The number of rotatable bonds is 5. The predicted molar refractivity (Wildman–Crippen MR) is 94.4 cm³/mol. The van der Waals surface area contributed by atoms with E-state index in [0.29, 0.717) is 31.2 Å². The molecular formula is C18H24ClFN2O3. The van der Waals surface area contributed by atoms with Gasteiger partial charge >= 0.3 is 12.0 Å². The Hall–Kier alpha value is -1.82. The van der Waals surface area contributed by atoms with Crippen molar-refractivity contribution in [1.82, 2.24) is 10.6 Å². The van der Waals surface area contributed by atoms with Crippen molar-refractivity contribution in [3.05, 3.63) is 34.6 Å². The molecule has 25 heavy (non-hydrogen) atoms. The van der Waals surface area contributed by atoms with Crippen molar-refractivity contribution in [3.8, 4) is 0 Å². The van der Waals surface area contributed by atoms with Gasteiger partial charge in [-0.2, -0.15) is 0 Å². The maximum atomic E-state index is 14.2. The Morgan fingerprint density at radius 2 is 1.92 bits per heavy atom. The second-order valence-electron chi connectivity index (χ2n) is 7.20. The number of hydrogen-bond donors (Lipinski definition) is 3. The molecule has 7 heteroatoms. The number of aliphatic carboxylic acids is 1. The van der Waals surface area contributed by atoms with Crippen LogP contribution < -0.4 is 10.6 Å². The SMILES string of the molecule is CC(C)(CNC(=O)NC1CCC(C(=O)O)CC1)c1cccc(Cl)c1F. The molecule has 0 heterocycles. The Morgan fingerprint density at radius 1 is 1.28 bits per heavy atom. The van der Waals surface area contributed by atoms with Gasteiger partial charge in [-0.15, -0.1) is 0 Å². The minimum atomic E-state index is -0.770. The first-order valence-corrected chi connectivity index (χ1v) is 8.80. The van der Waals surface area contributed by atoms with Gasteiger partial charge in [0.25, 0.3) is 0 Å². The number of carbonyl (C=O) groups excluding carboxylic acids is 1. The smallest absolute Gasteiger partial charge is 0.315 e. The molecule has 1 fully saturated rings. The van der Waals surface area contributed by atoms with Crippen molar-refractivity contribution in [2.24, 2.45) is 5.92 Å². The average molecular weight is 371 g/mol. The molecule has 0 aromatic heterocycles. The number of benzene rings is 1. The number of halogens is 2. The van der Waals surface area contributed by atoms with Crippen LogP contribution in [0.1, 0.15) is 45.1 Å². The van der Waals surface area contributed by atoms with Crippen molar-refractivity contribution >= 4 is 23.6 Å². The summed E-state index contributed by atoms with van der Waals surface area (Å²) in [5.74, 6) is -1.55. The highest BCUT2D eigenvalue weighted by Gasteiger charge is 2.28. The first kappa shape index (κ1) is 19.5. The second kappa shape index (κ2) is 8.04. The molecule has 1 aliphatic rings. The van der Waals surface area contributed by atoms with Crippen LogP contribution >= 0.6 is 11.6 Å². The third-order valence-electron chi connectivity index (χ3n) is 4.78. The van der Waals surface area contributed by atoms with Crippen LogP contribution in [0.15, 0.2) is 18.2 Å². The molecule has 0 spiro atoms. The molecule has 5 nitrogen and oxygen atoms in total. The van der Waals surface area contributed by atoms with Gasteiger partial charge in [-0.1, -0.05) is 37.6 Å². The van der Waals surface area contributed by atoms with Crippen LogP contribution in [0.5, 0.6) is 0 Å². The van der Waals surface area contributed by atoms with Gasteiger partial charge < -0.3 is 15.7 Å². The van der Waals surface area contributed by atoms with Crippen molar-refractivity contribution in [2.75, 3.05) is 6.54 Å². The molecule has 0 bridgehead atoms. The van der Waals surface area contributed by atoms with Gasteiger partial charge in [-0.05, 0) is 37.3 Å². The Balaban J connectivity index is 1.85. The Kier molecular flexibility index (Phi) is 6.27. The lowest BCUT2D eigenvalue weighted by Gasteiger charge is -2.29. The van der Waals surface area contributed by atoms with E-state index in [2.05, 4.69) is 10.6 Å². The molecule has 0 saturated heterocycles. The number of carboxylic acids is 1. The van der Waals surface area contributed by atoms with E-state index < -0.39 is 17.2 Å². The summed E-state index contributed by atoms with van der Waals surface area (Å²) in [5.41, 5.74) is -0.171. The minimum absolute atomic E-state index is 0.0263. The summed E-state index contributed by atoms with van der Waals surface area (Å²) in [5, 5.41) is 14.7. The fourth-order valence-corrected chi connectivity index (χ4v) is 3.32. The van der Waals surface area contributed by atoms with Crippen LogP contribution in [0.3, 0.4) is 0 Å². The summed E-state index contributed by atoms with van der Waals surface area (Å²) in [6.45, 7) is 3.92. The first-order chi connectivity index (χ1) is 11.7. The third-order valence-corrected chi connectivity index (χ3v) is 5.08. The second-order valence-corrected chi connectivity index (χ2v) is 7.61. The lowest BCUT2D eigenvalue weighted by Crippen LogP contribution is -2.47. The number of hydrogen-bond acceptors (Lipinski definition) is 2. The van der Waals surface area contributed by atoms with E-state index in [4.69, 9.17) is 16.7 Å². The molecule has 3 N–H and O–H groups in total. The standard InChI is InChI=1S/C18H24ClFN2O3/c1-18(2,13-4-3-5-14(19)15(13)20)10-21-17(25)22-12-8-6-11(7-9-12)16(23)24/h3-5,11-12H,6-10H2,1-2H3,(H,23,24)(H2,21,22,25). The number of nitrogens with one attached hydrogen (secondary N) is 2. The van der Waals surface area contributed by atoms with Gasteiger partial charge in [0, 0.05) is 18.0 Å². The number of carbonyl (C=O) groups is 2. The molecule has 2 amide bonds. The molecule has 0 unspecified atom stereocenters. The molecular weight excluding hydrogens is 347 g/mol. The molecule has 1 aromatic rings. The van der Waals surface area contributed by atoms with Crippen molar-refractivity contribution < 1.29 is 19.1 Å². The van der Waals surface area contributed by atoms with Crippen molar-refractivity contribution in [1.29, 1.82) is 0 Å². The average Bonchev–Trinajstić information content (AvgIpc) is 2.56. The highest BCUT2D eigenvalue weighted by atomic mass is 35.5. The maximum Gasteiger partial charge on any atom is 0.315 e. The van der Waals surface area contributed by atoms with E-state index in [1.165, 1.54) is 6.07 Å². The van der Waals surface area contributed by atoms with Crippen molar-refractivity contribution in [2.45, 2.75) is 51.0 Å². The first-order valence-electron chi connectivity index (χ1n) is 8.42. The highest BCUT2D eigenvalue weighted by molar-refractivity contribution is 6.30. The quantitative estimate of drug-likeness (QED) is 0.739. The van der Waals surface area contributed by atoms with E-state index in [-0.39, 0.29) is 29.6 Å². The Morgan fingerprint density at radius 3 is 2.52 bits per heavy atom. The molecule has 1 aromatic carbocycles. The van der Waals surface area contributed by atoms with E-state index in [1.807, 2.05) is 13.8 Å².